The lowest BCUT2D eigenvalue weighted by atomic mass is 9.91. The molecule has 0 aliphatic carbocycles. The Bertz CT molecular complexity index is 879. The molecule has 0 radical (unpaired) electrons. The number of carbonyl (C=O) groups is 2. The fraction of sp³-hybridized carbons (Fsp3) is 0.381. The third-order valence-electron chi connectivity index (χ3n) is 5.36. The van der Waals surface area contributed by atoms with E-state index in [2.05, 4.69) is 10.3 Å². The van der Waals surface area contributed by atoms with Crippen LogP contribution < -0.4 is 5.32 Å². The van der Waals surface area contributed by atoms with Crippen LogP contribution in [0.2, 0.25) is 0 Å². The Morgan fingerprint density at radius 2 is 1.97 bits per heavy atom. The van der Waals surface area contributed by atoms with Gasteiger partial charge in [0, 0.05) is 30.5 Å². The van der Waals surface area contributed by atoms with Crippen molar-refractivity contribution in [1.82, 2.24) is 15.2 Å². The third-order valence-corrected chi connectivity index (χ3v) is 5.36. The number of rotatable bonds is 6. The SMILES string of the molecule is COC(=O)[C@@H]1C[C@H](C(=O)NCCc2ccncc2)[C@H](c2cccc(F)c2F)N1C. The Morgan fingerprint density at radius 1 is 1.24 bits per heavy atom. The highest BCUT2D eigenvalue weighted by molar-refractivity contribution is 5.83. The lowest BCUT2D eigenvalue weighted by molar-refractivity contribution is -0.145. The summed E-state index contributed by atoms with van der Waals surface area (Å²) in [6, 6.07) is 6.07. The molecule has 6 nitrogen and oxygen atoms in total. The first kappa shape index (κ1) is 20.9. The van der Waals surface area contributed by atoms with Crippen molar-refractivity contribution in [2.24, 2.45) is 5.92 Å². The van der Waals surface area contributed by atoms with Gasteiger partial charge in [0.1, 0.15) is 6.04 Å². The topological polar surface area (TPSA) is 71.5 Å². The van der Waals surface area contributed by atoms with Crippen molar-refractivity contribution in [1.29, 1.82) is 0 Å². The Morgan fingerprint density at radius 3 is 2.66 bits per heavy atom. The molecule has 154 valence electrons. The predicted molar refractivity (Wildman–Crippen MR) is 102 cm³/mol. The minimum absolute atomic E-state index is 0.0492. The van der Waals surface area contributed by atoms with Crippen LogP contribution in [0.5, 0.6) is 0 Å². The van der Waals surface area contributed by atoms with Crippen molar-refractivity contribution in [3.63, 3.8) is 0 Å². The normalized spacial score (nSPS) is 21.7. The van der Waals surface area contributed by atoms with E-state index in [4.69, 9.17) is 4.74 Å². The number of halogens is 2. The molecular formula is C21H23F2N3O3. The van der Waals surface area contributed by atoms with E-state index >= 15 is 0 Å². The summed E-state index contributed by atoms with van der Waals surface area (Å²) in [6.07, 6.45) is 4.11. The molecule has 0 unspecified atom stereocenters. The molecule has 29 heavy (non-hydrogen) atoms. The fourth-order valence-electron chi connectivity index (χ4n) is 3.86. The van der Waals surface area contributed by atoms with Gasteiger partial charge in [-0.15, -0.1) is 0 Å². The first-order valence-corrected chi connectivity index (χ1v) is 9.34. The second-order valence-electron chi connectivity index (χ2n) is 7.03. The number of esters is 1. The summed E-state index contributed by atoms with van der Waals surface area (Å²) in [5, 5.41) is 2.85. The number of nitrogens with one attached hydrogen (secondary N) is 1. The van der Waals surface area contributed by atoms with E-state index < -0.39 is 35.6 Å². The van der Waals surface area contributed by atoms with Gasteiger partial charge in [0.05, 0.1) is 13.0 Å². The van der Waals surface area contributed by atoms with Crippen LogP contribution in [-0.2, 0) is 20.7 Å². The molecule has 1 fully saturated rings. The predicted octanol–water partition coefficient (Wildman–Crippen LogP) is 2.25. The molecule has 2 heterocycles. The number of likely N-dealkylation sites (tertiary alicyclic amines) is 1. The molecule has 1 saturated heterocycles. The highest BCUT2D eigenvalue weighted by Gasteiger charge is 2.47. The molecule has 1 aliphatic heterocycles. The summed E-state index contributed by atoms with van der Waals surface area (Å²) in [4.78, 5) is 30.6. The first-order valence-electron chi connectivity index (χ1n) is 9.34. The van der Waals surface area contributed by atoms with Crippen molar-refractivity contribution in [2.75, 3.05) is 20.7 Å². The molecule has 3 atom stereocenters. The second kappa shape index (κ2) is 9.09. The van der Waals surface area contributed by atoms with Crippen LogP contribution in [0.15, 0.2) is 42.7 Å². The fourth-order valence-corrected chi connectivity index (χ4v) is 3.86. The zero-order chi connectivity index (χ0) is 21.0. The molecule has 1 aromatic carbocycles. The van der Waals surface area contributed by atoms with E-state index in [0.717, 1.165) is 11.6 Å². The lowest BCUT2D eigenvalue weighted by Gasteiger charge is -2.27. The van der Waals surface area contributed by atoms with Crippen LogP contribution in [0.3, 0.4) is 0 Å². The van der Waals surface area contributed by atoms with E-state index in [1.165, 1.54) is 19.2 Å². The summed E-state index contributed by atoms with van der Waals surface area (Å²) in [6.45, 7) is 0.379. The molecule has 0 bridgehead atoms. The van der Waals surface area contributed by atoms with Gasteiger partial charge in [-0.2, -0.15) is 0 Å². The van der Waals surface area contributed by atoms with Crippen molar-refractivity contribution in [3.8, 4) is 0 Å². The van der Waals surface area contributed by atoms with Crippen LogP contribution in [-0.4, -0.2) is 48.5 Å². The van der Waals surface area contributed by atoms with Gasteiger partial charge in [-0.1, -0.05) is 12.1 Å². The summed E-state index contributed by atoms with van der Waals surface area (Å²) in [5.41, 5.74) is 1.07. The molecule has 8 heteroatoms. The van der Waals surface area contributed by atoms with Crippen molar-refractivity contribution in [2.45, 2.75) is 24.9 Å². The Balaban J connectivity index is 1.80. The largest absolute Gasteiger partial charge is 0.468 e. The Labute approximate surface area is 167 Å². The number of amides is 1. The van der Waals surface area contributed by atoms with Crippen LogP contribution in [0.1, 0.15) is 23.6 Å². The number of likely N-dealkylation sites (N-methyl/N-ethyl adjacent to an activating group) is 1. The van der Waals surface area contributed by atoms with Gasteiger partial charge in [0.2, 0.25) is 5.91 Å². The molecule has 0 spiro atoms. The van der Waals surface area contributed by atoms with Gasteiger partial charge in [0.15, 0.2) is 11.6 Å². The number of methoxy groups -OCH3 is 1. The van der Waals surface area contributed by atoms with Crippen LogP contribution in [0.4, 0.5) is 8.78 Å². The summed E-state index contributed by atoms with van der Waals surface area (Å²) in [5.74, 6) is -3.55. The third kappa shape index (κ3) is 4.42. The minimum Gasteiger partial charge on any atom is -0.468 e. The first-order chi connectivity index (χ1) is 13.9. The van der Waals surface area contributed by atoms with Crippen LogP contribution in [0.25, 0.3) is 0 Å². The standard InChI is InChI=1S/C21H23F2N3O3/c1-26-17(21(28)29-2)12-15(19(26)14-4-3-5-16(22)18(14)23)20(27)25-11-8-13-6-9-24-10-7-13/h3-7,9-10,15,17,19H,8,11-12H2,1-2H3,(H,25,27)/t15-,17-,19-/m0/s1. The zero-order valence-electron chi connectivity index (χ0n) is 16.3. The van der Waals surface area contributed by atoms with E-state index in [1.54, 1.807) is 24.3 Å². The molecule has 3 rings (SSSR count). The number of nitrogens with zero attached hydrogens (tertiary/aromatic N) is 2. The van der Waals surface area contributed by atoms with Gasteiger partial charge in [-0.3, -0.25) is 19.5 Å². The number of carbonyl (C=O) groups excluding carboxylic acids is 2. The zero-order valence-corrected chi connectivity index (χ0v) is 16.3. The molecular weight excluding hydrogens is 380 g/mol. The number of hydrogen-bond acceptors (Lipinski definition) is 5. The maximum Gasteiger partial charge on any atom is 0.323 e. The van der Waals surface area contributed by atoms with Crippen LogP contribution in [0, 0.1) is 17.6 Å². The molecule has 1 N–H and O–H groups in total. The van der Waals surface area contributed by atoms with Crippen molar-refractivity contribution < 1.29 is 23.1 Å². The number of hydrogen-bond donors (Lipinski definition) is 1. The van der Waals surface area contributed by atoms with Gasteiger partial charge in [-0.25, -0.2) is 8.78 Å². The maximum atomic E-state index is 14.5. The van der Waals surface area contributed by atoms with E-state index in [9.17, 15) is 18.4 Å². The lowest BCUT2D eigenvalue weighted by Crippen LogP contribution is -2.37. The minimum atomic E-state index is -1.01. The number of ether oxygens (including phenoxy) is 1. The smallest absolute Gasteiger partial charge is 0.323 e. The van der Waals surface area contributed by atoms with Gasteiger partial charge in [0.25, 0.3) is 0 Å². The average molecular weight is 403 g/mol. The maximum absolute atomic E-state index is 14.5. The van der Waals surface area contributed by atoms with Gasteiger partial charge < -0.3 is 10.1 Å². The molecule has 1 aromatic heterocycles. The molecule has 1 aliphatic rings. The van der Waals surface area contributed by atoms with E-state index in [-0.39, 0.29) is 17.9 Å². The Hall–Kier alpha value is -2.87. The van der Waals surface area contributed by atoms with E-state index in [0.29, 0.717) is 13.0 Å². The summed E-state index contributed by atoms with van der Waals surface area (Å²) < 4.78 is 33.1. The van der Waals surface area contributed by atoms with Gasteiger partial charge >= 0.3 is 5.97 Å². The average Bonchev–Trinajstić information content (AvgIpc) is 3.07. The second-order valence-corrected chi connectivity index (χ2v) is 7.03. The molecule has 0 saturated carbocycles. The summed E-state index contributed by atoms with van der Waals surface area (Å²) in [7, 11) is 2.87. The number of aromatic nitrogens is 1. The van der Waals surface area contributed by atoms with Gasteiger partial charge in [-0.05, 0) is 43.7 Å². The highest BCUT2D eigenvalue weighted by Crippen LogP contribution is 2.41. The highest BCUT2D eigenvalue weighted by atomic mass is 19.2. The molecule has 2 aromatic rings. The van der Waals surface area contributed by atoms with E-state index in [1.807, 2.05) is 12.1 Å². The van der Waals surface area contributed by atoms with Crippen molar-refractivity contribution in [3.05, 3.63) is 65.5 Å². The number of benzene rings is 1. The quantitative estimate of drug-likeness (QED) is 0.750. The monoisotopic (exact) mass is 403 g/mol. The van der Waals surface area contributed by atoms with Crippen LogP contribution >= 0.6 is 0 Å². The Kier molecular flexibility index (Phi) is 6.53. The molecule has 1 amide bonds. The van der Waals surface area contributed by atoms with Crippen molar-refractivity contribution >= 4 is 11.9 Å². The summed E-state index contributed by atoms with van der Waals surface area (Å²) >= 11 is 0. The number of pyridine rings is 1.